The summed E-state index contributed by atoms with van der Waals surface area (Å²) in [6.07, 6.45) is 24.4. The quantitative estimate of drug-likeness (QED) is 0.247. The van der Waals surface area contributed by atoms with Crippen molar-refractivity contribution in [2.45, 2.75) is 150 Å². The van der Waals surface area contributed by atoms with E-state index in [4.69, 9.17) is 0 Å². The van der Waals surface area contributed by atoms with Gasteiger partial charge in [-0.25, -0.2) is 0 Å². The van der Waals surface area contributed by atoms with Gasteiger partial charge in [-0.1, -0.05) is 109 Å². The zero-order chi connectivity index (χ0) is 27.0. The predicted molar refractivity (Wildman–Crippen MR) is 168 cm³/mol. The van der Waals surface area contributed by atoms with Gasteiger partial charge in [-0.15, -0.1) is 0 Å². The SMILES string of the molecule is CCCCCc1ccc(-c2ccc(C(C)C3CCC(C4(CCCCC)CCCCC4)CC3)cc2C)cc1C. The topological polar surface area (TPSA) is 0 Å². The second-order valence-corrected chi connectivity index (χ2v) is 13.5. The second-order valence-electron chi connectivity index (χ2n) is 13.5. The van der Waals surface area contributed by atoms with Crippen LogP contribution in [-0.2, 0) is 6.42 Å². The molecule has 4 rings (SSSR count). The normalized spacial score (nSPS) is 22.3. The molecule has 0 spiro atoms. The Balaban J connectivity index is 1.38. The summed E-state index contributed by atoms with van der Waals surface area (Å²) < 4.78 is 0. The molecule has 38 heavy (non-hydrogen) atoms. The molecule has 2 aliphatic rings. The van der Waals surface area contributed by atoms with Crippen molar-refractivity contribution in [2.75, 3.05) is 0 Å². The van der Waals surface area contributed by atoms with E-state index in [-0.39, 0.29) is 0 Å². The number of hydrogen-bond donors (Lipinski definition) is 0. The molecule has 0 radical (unpaired) electrons. The first-order valence-electron chi connectivity index (χ1n) is 16.7. The van der Waals surface area contributed by atoms with Crippen molar-refractivity contribution in [3.63, 3.8) is 0 Å². The number of aryl methyl sites for hydroxylation is 3. The van der Waals surface area contributed by atoms with Crippen LogP contribution in [0.15, 0.2) is 36.4 Å². The van der Waals surface area contributed by atoms with Gasteiger partial charge in [0.25, 0.3) is 0 Å². The summed E-state index contributed by atoms with van der Waals surface area (Å²) in [6.45, 7) is 11.8. The molecule has 0 heteroatoms. The predicted octanol–water partition coefficient (Wildman–Crippen LogP) is 12.1. The average molecular weight is 515 g/mol. The average Bonchev–Trinajstić information content (AvgIpc) is 2.94. The van der Waals surface area contributed by atoms with E-state index in [9.17, 15) is 0 Å². The van der Waals surface area contributed by atoms with Crippen LogP contribution in [0.3, 0.4) is 0 Å². The lowest BCUT2D eigenvalue weighted by atomic mass is 9.58. The van der Waals surface area contributed by atoms with Crippen molar-refractivity contribution < 1.29 is 0 Å². The molecule has 0 amide bonds. The molecule has 0 nitrogen and oxygen atoms in total. The fourth-order valence-electron chi connectivity index (χ4n) is 8.35. The van der Waals surface area contributed by atoms with Crippen molar-refractivity contribution in [3.05, 3.63) is 58.7 Å². The van der Waals surface area contributed by atoms with Crippen molar-refractivity contribution in [3.8, 4) is 11.1 Å². The van der Waals surface area contributed by atoms with Gasteiger partial charge < -0.3 is 0 Å². The Morgan fingerprint density at radius 2 is 1.47 bits per heavy atom. The van der Waals surface area contributed by atoms with Gasteiger partial charge in [0.1, 0.15) is 0 Å². The molecule has 1 atom stereocenters. The largest absolute Gasteiger partial charge is 0.0654 e. The van der Waals surface area contributed by atoms with Gasteiger partial charge in [-0.2, -0.15) is 0 Å². The zero-order valence-corrected chi connectivity index (χ0v) is 25.7. The van der Waals surface area contributed by atoms with E-state index in [1.165, 1.54) is 137 Å². The molecule has 1 unspecified atom stereocenters. The minimum absolute atomic E-state index is 0.675. The summed E-state index contributed by atoms with van der Waals surface area (Å²) in [7, 11) is 0. The van der Waals surface area contributed by atoms with E-state index in [0.29, 0.717) is 11.3 Å². The highest BCUT2D eigenvalue weighted by Gasteiger charge is 2.41. The van der Waals surface area contributed by atoms with Gasteiger partial charge in [0.05, 0.1) is 0 Å². The number of rotatable bonds is 12. The number of hydrogen-bond acceptors (Lipinski definition) is 0. The minimum atomic E-state index is 0.675. The van der Waals surface area contributed by atoms with Crippen LogP contribution < -0.4 is 0 Å². The van der Waals surface area contributed by atoms with Crippen molar-refractivity contribution in [1.29, 1.82) is 0 Å². The highest BCUT2D eigenvalue weighted by atomic mass is 14.5. The molecular formula is C38H58. The molecule has 210 valence electrons. The molecule has 2 aromatic carbocycles. The smallest absolute Gasteiger partial charge is 0.0154 e. The van der Waals surface area contributed by atoms with E-state index >= 15 is 0 Å². The summed E-state index contributed by atoms with van der Waals surface area (Å²) in [6, 6.07) is 14.6. The molecule has 2 saturated carbocycles. The third kappa shape index (κ3) is 7.14. The molecule has 0 aromatic heterocycles. The minimum Gasteiger partial charge on any atom is -0.0654 e. The van der Waals surface area contributed by atoms with Crippen LogP contribution in [0.1, 0.15) is 152 Å². The Bertz CT molecular complexity index is 983. The third-order valence-electron chi connectivity index (χ3n) is 11.0. The van der Waals surface area contributed by atoms with Crippen LogP contribution in [0.25, 0.3) is 11.1 Å². The van der Waals surface area contributed by atoms with Crippen LogP contribution in [0, 0.1) is 31.1 Å². The molecule has 0 saturated heterocycles. The molecule has 0 heterocycles. The lowest BCUT2D eigenvalue weighted by Crippen LogP contribution is -2.36. The summed E-state index contributed by atoms with van der Waals surface area (Å²) in [5.74, 6) is 2.53. The van der Waals surface area contributed by atoms with E-state index in [2.05, 4.69) is 71.0 Å². The van der Waals surface area contributed by atoms with Crippen LogP contribution in [-0.4, -0.2) is 0 Å². The molecule has 0 N–H and O–H groups in total. The standard InChI is InChI=1S/C38H58/c1-6-8-11-15-32-16-17-35(27-29(32)3)37-23-20-34(28-30(37)4)31(5)33-18-21-36(22-19-33)38(24-12-9-7-2)25-13-10-14-26-38/h16-17,20,23,27-28,31,33,36H,6-15,18-19,21-22,24-26H2,1-5H3. The van der Waals surface area contributed by atoms with Gasteiger partial charge in [-0.3, -0.25) is 0 Å². The Hall–Kier alpha value is -1.56. The van der Waals surface area contributed by atoms with Crippen molar-refractivity contribution in [1.82, 2.24) is 0 Å². The van der Waals surface area contributed by atoms with Gasteiger partial charge in [0.2, 0.25) is 0 Å². The highest BCUT2D eigenvalue weighted by Crippen LogP contribution is 2.53. The van der Waals surface area contributed by atoms with Crippen LogP contribution in [0.5, 0.6) is 0 Å². The van der Waals surface area contributed by atoms with Crippen molar-refractivity contribution >= 4 is 0 Å². The molecule has 2 fully saturated rings. The van der Waals surface area contributed by atoms with Gasteiger partial charge in [0, 0.05) is 0 Å². The maximum atomic E-state index is 2.52. The number of benzene rings is 2. The zero-order valence-electron chi connectivity index (χ0n) is 25.7. The lowest BCUT2D eigenvalue weighted by Gasteiger charge is -2.47. The molecule has 2 aromatic rings. The molecule has 0 bridgehead atoms. The fraction of sp³-hybridized carbons (Fsp3) is 0.684. The Kier molecular flexibility index (Phi) is 11.0. The summed E-state index contributed by atoms with van der Waals surface area (Å²) >= 11 is 0. The van der Waals surface area contributed by atoms with E-state index in [0.717, 1.165) is 11.8 Å². The summed E-state index contributed by atoms with van der Waals surface area (Å²) in [4.78, 5) is 0. The second kappa shape index (κ2) is 14.2. The Labute approximate surface area is 236 Å². The van der Waals surface area contributed by atoms with Crippen LogP contribution in [0.2, 0.25) is 0 Å². The Morgan fingerprint density at radius 3 is 2.13 bits per heavy atom. The monoisotopic (exact) mass is 514 g/mol. The lowest BCUT2D eigenvalue weighted by molar-refractivity contribution is 0.0409. The summed E-state index contributed by atoms with van der Waals surface area (Å²) in [5.41, 5.74) is 9.50. The Morgan fingerprint density at radius 1 is 0.763 bits per heavy atom. The molecular weight excluding hydrogens is 456 g/mol. The highest BCUT2D eigenvalue weighted by molar-refractivity contribution is 5.69. The molecule has 2 aliphatic carbocycles. The van der Waals surface area contributed by atoms with E-state index in [1.54, 1.807) is 5.56 Å². The molecule has 0 aliphatic heterocycles. The third-order valence-corrected chi connectivity index (χ3v) is 11.0. The van der Waals surface area contributed by atoms with Crippen LogP contribution >= 0.6 is 0 Å². The van der Waals surface area contributed by atoms with Crippen LogP contribution in [0.4, 0.5) is 0 Å². The fourth-order valence-corrected chi connectivity index (χ4v) is 8.35. The first kappa shape index (κ1) is 29.4. The van der Waals surface area contributed by atoms with Gasteiger partial charge in [-0.05, 0) is 128 Å². The maximum Gasteiger partial charge on any atom is -0.0154 e. The maximum absolute atomic E-state index is 2.52. The van der Waals surface area contributed by atoms with E-state index < -0.39 is 0 Å². The first-order valence-corrected chi connectivity index (χ1v) is 16.7. The summed E-state index contributed by atoms with van der Waals surface area (Å²) in [5, 5.41) is 0. The number of unbranched alkanes of at least 4 members (excludes halogenated alkanes) is 4. The van der Waals surface area contributed by atoms with Crippen molar-refractivity contribution in [2.24, 2.45) is 17.3 Å². The van der Waals surface area contributed by atoms with Gasteiger partial charge >= 0.3 is 0 Å². The van der Waals surface area contributed by atoms with E-state index in [1.807, 2.05) is 0 Å². The van der Waals surface area contributed by atoms with Gasteiger partial charge in [0.15, 0.2) is 0 Å². The first-order chi connectivity index (χ1) is 18.5.